The molecule has 0 aromatic heterocycles. The summed E-state index contributed by atoms with van der Waals surface area (Å²) in [6.45, 7) is 4.75. The number of carbonyl (C=O) groups is 1. The lowest BCUT2D eigenvalue weighted by atomic mass is 10.2. The van der Waals surface area contributed by atoms with Gasteiger partial charge in [0.2, 0.25) is 5.91 Å². The van der Waals surface area contributed by atoms with Gasteiger partial charge in [-0.25, -0.2) is 0 Å². The van der Waals surface area contributed by atoms with Crippen molar-refractivity contribution < 1.29 is 4.79 Å². The largest absolute Gasteiger partial charge is 0.338 e. The average molecular weight is 252 g/mol. The molecule has 15 heavy (non-hydrogen) atoms. The number of thioether (sulfide) groups is 1. The molecular weight excluding hydrogens is 234 g/mol. The van der Waals surface area contributed by atoms with Gasteiger partial charge in [-0.05, 0) is 6.92 Å². The van der Waals surface area contributed by atoms with Crippen LogP contribution in [0.25, 0.3) is 0 Å². The molecule has 0 radical (unpaired) electrons. The van der Waals surface area contributed by atoms with Crippen LogP contribution in [0.1, 0.15) is 6.92 Å². The van der Waals surface area contributed by atoms with Crippen LogP contribution in [0.3, 0.4) is 0 Å². The molecule has 1 amide bonds. The lowest BCUT2D eigenvalue weighted by Crippen LogP contribution is -2.55. The van der Waals surface area contributed by atoms with Gasteiger partial charge in [-0.2, -0.15) is 0 Å². The molecule has 2 rings (SSSR count). The Morgan fingerprint density at radius 1 is 1.47 bits per heavy atom. The summed E-state index contributed by atoms with van der Waals surface area (Å²) in [5.74, 6) is 2.12. The Kier molecular flexibility index (Phi) is 5.18. The summed E-state index contributed by atoms with van der Waals surface area (Å²) < 4.78 is 0. The first-order chi connectivity index (χ1) is 6.77. The highest BCUT2D eigenvalue weighted by molar-refractivity contribution is 7.99. The molecule has 88 valence electrons. The first-order valence-corrected chi connectivity index (χ1v) is 6.26. The molecule has 2 heterocycles. The van der Waals surface area contributed by atoms with E-state index in [4.69, 9.17) is 0 Å². The Hall–Kier alpha value is 0.0300. The van der Waals surface area contributed by atoms with Crippen LogP contribution in [0.5, 0.6) is 0 Å². The molecule has 0 spiro atoms. The maximum atomic E-state index is 12.0. The van der Waals surface area contributed by atoms with E-state index in [1.54, 1.807) is 11.8 Å². The second-order valence-electron chi connectivity index (χ2n) is 3.91. The minimum Gasteiger partial charge on any atom is -0.338 e. The van der Waals surface area contributed by atoms with Gasteiger partial charge in [0.15, 0.2) is 0 Å². The van der Waals surface area contributed by atoms with Crippen molar-refractivity contribution >= 4 is 30.1 Å². The highest BCUT2D eigenvalue weighted by Gasteiger charge is 2.29. The number of hydrogen-bond donors (Lipinski definition) is 2. The summed E-state index contributed by atoms with van der Waals surface area (Å²) in [5.41, 5.74) is 0. The molecular formula is C9H18ClN3OS. The zero-order valence-corrected chi connectivity index (χ0v) is 10.5. The summed E-state index contributed by atoms with van der Waals surface area (Å²) in [4.78, 5) is 13.9. The van der Waals surface area contributed by atoms with Crippen molar-refractivity contribution in [3.8, 4) is 0 Å². The fourth-order valence-corrected chi connectivity index (χ4v) is 2.84. The van der Waals surface area contributed by atoms with E-state index < -0.39 is 0 Å². The summed E-state index contributed by atoms with van der Waals surface area (Å²) in [6, 6.07) is 0.493. The Balaban J connectivity index is 0.00000112. The third-order valence-electron chi connectivity index (χ3n) is 2.69. The molecule has 0 saturated carbocycles. The first-order valence-electron chi connectivity index (χ1n) is 5.10. The molecule has 0 aromatic carbocycles. The van der Waals surface area contributed by atoms with Crippen LogP contribution < -0.4 is 10.6 Å². The normalized spacial score (nSPS) is 31.1. The van der Waals surface area contributed by atoms with Gasteiger partial charge in [0.25, 0.3) is 0 Å². The van der Waals surface area contributed by atoms with Crippen molar-refractivity contribution in [3.63, 3.8) is 0 Å². The van der Waals surface area contributed by atoms with Crippen LogP contribution >= 0.6 is 24.2 Å². The molecule has 0 unspecified atom stereocenters. The van der Waals surface area contributed by atoms with E-state index in [0.29, 0.717) is 6.04 Å². The van der Waals surface area contributed by atoms with Gasteiger partial charge in [0, 0.05) is 37.3 Å². The number of rotatable bonds is 1. The Labute approximate surface area is 101 Å². The standard InChI is InChI=1S/C9H17N3OS.ClH/c1-7-4-12(3-2-10-7)9(13)8-5-14-6-11-8;/h7-8,10-11H,2-6H2,1H3;1H/t7-,8-;/m1./s1. The van der Waals surface area contributed by atoms with Gasteiger partial charge < -0.3 is 10.2 Å². The van der Waals surface area contributed by atoms with Gasteiger partial charge in [-0.3, -0.25) is 10.1 Å². The Morgan fingerprint density at radius 3 is 2.87 bits per heavy atom. The topological polar surface area (TPSA) is 44.4 Å². The van der Waals surface area contributed by atoms with Gasteiger partial charge >= 0.3 is 0 Å². The van der Waals surface area contributed by atoms with Crippen LogP contribution in [-0.4, -0.2) is 54.2 Å². The maximum Gasteiger partial charge on any atom is 0.240 e. The zero-order chi connectivity index (χ0) is 9.97. The van der Waals surface area contributed by atoms with E-state index >= 15 is 0 Å². The van der Waals surface area contributed by atoms with Gasteiger partial charge in [0.1, 0.15) is 0 Å². The SMILES string of the molecule is C[C@@H]1CN(C(=O)[C@H]2CSCN2)CCN1.Cl. The van der Waals surface area contributed by atoms with Crippen molar-refractivity contribution in [2.24, 2.45) is 0 Å². The predicted octanol–water partition coefficient (Wildman–Crippen LogP) is -0.109. The smallest absolute Gasteiger partial charge is 0.240 e. The van der Waals surface area contributed by atoms with Crippen molar-refractivity contribution in [2.45, 2.75) is 19.0 Å². The van der Waals surface area contributed by atoms with Crippen molar-refractivity contribution in [1.29, 1.82) is 0 Å². The lowest BCUT2D eigenvalue weighted by molar-refractivity contribution is -0.133. The summed E-state index contributed by atoms with van der Waals surface area (Å²) in [7, 11) is 0. The minimum absolute atomic E-state index is 0. The van der Waals surface area contributed by atoms with E-state index in [0.717, 1.165) is 31.3 Å². The molecule has 2 atom stereocenters. The highest BCUT2D eigenvalue weighted by atomic mass is 35.5. The Bertz CT molecular complexity index is 223. The molecule has 0 bridgehead atoms. The first kappa shape index (κ1) is 13.1. The molecule has 6 heteroatoms. The Morgan fingerprint density at radius 2 is 2.27 bits per heavy atom. The van der Waals surface area contributed by atoms with E-state index in [-0.39, 0.29) is 24.4 Å². The predicted molar refractivity (Wildman–Crippen MR) is 65.5 cm³/mol. The van der Waals surface area contributed by atoms with E-state index in [1.165, 1.54) is 0 Å². The quantitative estimate of drug-likeness (QED) is 0.683. The number of halogens is 1. The van der Waals surface area contributed by atoms with E-state index in [9.17, 15) is 4.79 Å². The van der Waals surface area contributed by atoms with Crippen molar-refractivity contribution in [3.05, 3.63) is 0 Å². The molecule has 0 aromatic rings. The fourth-order valence-electron chi connectivity index (χ4n) is 1.91. The van der Waals surface area contributed by atoms with Gasteiger partial charge in [-0.1, -0.05) is 0 Å². The molecule has 2 N–H and O–H groups in total. The van der Waals surface area contributed by atoms with Gasteiger partial charge in [-0.15, -0.1) is 24.2 Å². The number of amides is 1. The van der Waals surface area contributed by atoms with Crippen LogP contribution in [-0.2, 0) is 4.79 Å². The number of piperazine rings is 1. The summed E-state index contributed by atoms with van der Waals surface area (Å²) in [6.07, 6.45) is 0. The third-order valence-corrected chi connectivity index (χ3v) is 3.63. The van der Waals surface area contributed by atoms with Crippen molar-refractivity contribution in [2.75, 3.05) is 31.3 Å². The minimum atomic E-state index is 0. The molecule has 2 fully saturated rings. The fraction of sp³-hybridized carbons (Fsp3) is 0.889. The number of carbonyl (C=O) groups excluding carboxylic acids is 1. The summed E-state index contributed by atoms with van der Waals surface area (Å²) in [5, 5.41) is 6.56. The number of nitrogens with zero attached hydrogens (tertiary/aromatic N) is 1. The van der Waals surface area contributed by atoms with E-state index in [1.807, 2.05) is 4.90 Å². The van der Waals surface area contributed by atoms with Gasteiger partial charge in [0.05, 0.1) is 6.04 Å². The number of hydrogen-bond acceptors (Lipinski definition) is 4. The van der Waals surface area contributed by atoms with E-state index in [2.05, 4.69) is 17.6 Å². The maximum absolute atomic E-state index is 12.0. The molecule has 0 aliphatic carbocycles. The second kappa shape index (κ2) is 5.94. The van der Waals surface area contributed by atoms with Crippen LogP contribution in [0.15, 0.2) is 0 Å². The van der Waals surface area contributed by atoms with Crippen LogP contribution in [0.2, 0.25) is 0 Å². The third kappa shape index (κ3) is 3.24. The van der Waals surface area contributed by atoms with Crippen LogP contribution in [0, 0.1) is 0 Å². The summed E-state index contributed by atoms with van der Waals surface area (Å²) >= 11 is 1.80. The molecule has 2 saturated heterocycles. The number of nitrogens with one attached hydrogen (secondary N) is 2. The zero-order valence-electron chi connectivity index (χ0n) is 8.86. The lowest BCUT2D eigenvalue weighted by Gasteiger charge is -2.33. The second-order valence-corrected chi connectivity index (χ2v) is 4.94. The highest BCUT2D eigenvalue weighted by Crippen LogP contribution is 2.12. The monoisotopic (exact) mass is 251 g/mol. The molecule has 4 nitrogen and oxygen atoms in total. The van der Waals surface area contributed by atoms with Crippen molar-refractivity contribution in [1.82, 2.24) is 15.5 Å². The average Bonchev–Trinajstić information content (AvgIpc) is 2.69. The van der Waals surface area contributed by atoms with Crippen LogP contribution in [0.4, 0.5) is 0 Å². The molecule has 2 aliphatic rings. The molecule has 2 aliphatic heterocycles.